The van der Waals surface area contributed by atoms with Crippen molar-refractivity contribution in [3.05, 3.63) is 131 Å². The van der Waals surface area contributed by atoms with Gasteiger partial charge in [0, 0.05) is 11.6 Å². The van der Waals surface area contributed by atoms with Gasteiger partial charge in [-0.1, -0.05) is 53.8 Å². The zero-order chi connectivity index (χ0) is 30.8. The maximum Gasteiger partial charge on any atom is 0.338 e. The third-order valence-electron chi connectivity index (χ3n) is 6.81. The van der Waals surface area contributed by atoms with E-state index in [4.69, 9.17) is 9.47 Å². The van der Waals surface area contributed by atoms with E-state index in [1.165, 1.54) is 22.0 Å². The number of aromatic nitrogens is 1. The summed E-state index contributed by atoms with van der Waals surface area (Å²) in [6.45, 7) is 5.57. The van der Waals surface area contributed by atoms with Crippen LogP contribution in [0.1, 0.15) is 42.1 Å². The Kier molecular flexibility index (Phi) is 9.46. The van der Waals surface area contributed by atoms with Crippen LogP contribution >= 0.6 is 56.5 Å². The topological polar surface area (TPSA) is 113 Å². The van der Waals surface area contributed by atoms with Gasteiger partial charge in [0.15, 0.2) is 4.80 Å². The number of allylic oxidation sites excluding steroid dienone is 1. The highest BCUT2D eigenvalue weighted by molar-refractivity contribution is 14.1. The van der Waals surface area contributed by atoms with E-state index in [1.54, 1.807) is 39.0 Å². The summed E-state index contributed by atoms with van der Waals surface area (Å²) >= 11 is 5.64. The molecule has 3 aromatic carbocycles. The van der Waals surface area contributed by atoms with E-state index in [1.807, 2.05) is 42.5 Å². The van der Waals surface area contributed by atoms with E-state index in [2.05, 4.69) is 50.2 Å². The van der Waals surface area contributed by atoms with Crippen molar-refractivity contribution < 1.29 is 19.2 Å². The summed E-state index contributed by atoms with van der Waals surface area (Å²) < 4.78 is 15.1. The Bertz CT molecular complexity index is 1940. The van der Waals surface area contributed by atoms with Gasteiger partial charge in [0.2, 0.25) is 0 Å². The monoisotopic (exact) mass is 821 g/mol. The first-order valence-electron chi connectivity index (χ1n) is 13.2. The summed E-state index contributed by atoms with van der Waals surface area (Å²) in [5, 5.41) is 11.8. The molecule has 2 heterocycles. The highest BCUT2D eigenvalue weighted by Crippen LogP contribution is 2.34. The SMILES string of the molecule is CCOC(=O)C1=C(C)N=c2s/c(=C/c3cc(I)c(OCc4ccccc4)c(I)c3)c(=O)n2[C@@H]1c1ccc(C)c([N+](=O)[O-])c1. The molecule has 220 valence electrons. The van der Waals surface area contributed by atoms with Gasteiger partial charge in [0.05, 0.1) is 40.5 Å². The number of rotatable bonds is 8. The summed E-state index contributed by atoms with van der Waals surface area (Å²) in [6.07, 6.45) is 1.78. The van der Waals surface area contributed by atoms with Crippen molar-refractivity contribution in [3.8, 4) is 5.75 Å². The van der Waals surface area contributed by atoms with Crippen molar-refractivity contribution in [2.24, 2.45) is 4.99 Å². The Morgan fingerprint density at radius 1 is 1.12 bits per heavy atom. The van der Waals surface area contributed by atoms with Crippen LogP contribution in [0.5, 0.6) is 5.75 Å². The van der Waals surface area contributed by atoms with E-state index < -0.39 is 16.9 Å². The van der Waals surface area contributed by atoms with Gasteiger partial charge in [0.25, 0.3) is 11.2 Å². The van der Waals surface area contributed by atoms with Gasteiger partial charge in [-0.2, -0.15) is 0 Å². The minimum Gasteiger partial charge on any atom is -0.487 e. The molecule has 0 spiro atoms. The molecule has 1 aliphatic heterocycles. The second kappa shape index (κ2) is 13.1. The number of hydrogen-bond acceptors (Lipinski definition) is 8. The second-order valence-corrected chi connectivity index (χ2v) is 13.0. The molecule has 0 N–H and O–H groups in total. The van der Waals surface area contributed by atoms with Crippen LogP contribution in [0.25, 0.3) is 6.08 Å². The Hall–Kier alpha value is -3.37. The van der Waals surface area contributed by atoms with Crippen molar-refractivity contribution >= 4 is 74.3 Å². The van der Waals surface area contributed by atoms with Crippen LogP contribution in [0, 0.1) is 24.2 Å². The molecule has 0 aliphatic carbocycles. The van der Waals surface area contributed by atoms with Crippen LogP contribution in [0.15, 0.2) is 81.7 Å². The Balaban J connectivity index is 1.60. The molecule has 1 atom stereocenters. The number of carbonyl (C=O) groups is 1. The first kappa shape index (κ1) is 31.1. The van der Waals surface area contributed by atoms with Gasteiger partial charge < -0.3 is 9.47 Å². The van der Waals surface area contributed by atoms with Gasteiger partial charge in [-0.15, -0.1) is 0 Å². The average Bonchev–Trinajstić information content (AvgIpc) is 3.26. The molecule has 0 saturated heterocycles. The van der Waals surface area contributed by atoms with Crippen molar-refractivity contribution in [1.29, 1.82) is 0 Å². The molecule has 5 rings (SSSR count). The van der Waals surface area contributed by atoms with Crippen LogP contribution in [0.3, 0.4) is 0 Å². The Labute approximate surface area is 278 Å². The molecule has 0 radical (unpaired) electrons. The minimum atomic E-state index is -0.939. The van der Waals surface area contributed by atoms with Crippen molar-refractivity contribution in [2.45, 2.75) is 33.4 Å². The predicted octanol–water partition coefficient (Wildman–Crippen LogP) is 5.80. The van der Waals surface area contributed by atoms with Crippen molar-refractivity contribution in [2.75, 3.05) is 6.61 Å². The number of nitro benzene ring substituents is 1. The molecule has 4 aromatic rings. The number of nitro groups is 1. The number of carbonyl (C=O) groups excluding carboxylic acids is 1. The normalized spacial score (nSPS) is 14.7. The molecule has 0 saturated carbocycles. The number of hydrogen-bond donors (Lipinski definition) is 0. The van der Waals surface area contributed by atoms with Crippen LogP contribution in [-0.4, -0.2) is 22.1 Å². The van der Waals surface area contributed by atoms with E-state index in [0.717, 1.165) is 24.0 Å². The minimum absolute atomic E-state index is 0.101. The van der Waals surface area contributed by atoms with Gasteiger partial charge >= 0.3 is 5.97 Å². The molecule has 12 heteroatoms. The standard InChI is InChI=1S/C31H25I2N3O6S/c1-4-41-30(38)26-18(3)34-31-35(27(26)21-11-10-17(2)24(15-21)36(39)40)29(37)25(43-31)14-20-12-22(32)28(23(33)13-20)42-16-19-8-6-5-7-9-19/h5-15,27H,4,16H2,1-3H3/b25-14+/t27-/m1/s1. The number of thiazole rings is 1. The molecular formula is C31H25I2N3O6S. The summed E-state index contributed by atoms with van der Waals surface area (Å²) in [4.78, 5) is 43.4. The number of halogens is 2. The zero-order valence-electron chi connectivity index (χ0n) is 23.3. The lowest BCUT2D eigenvalue weighted by Crippen LogP contribution is -2.40. The smallest absolute Gasteiger partial charge is 0.338 e. The maximum absolute atomic E-state index is 14.0. The lowest BCUT2D eigenvalue weighted by atomic mass is 9.94. The van der Waals surface area contributed by atoms with Crippen LogP contribution in [0.4, 0.5) is 5.69 Å². The maximum atomic E-state index is 14.0. The lowest BCUT2D eigenvalue weighted by Gasteiger charge is -2.24. The molecule has 9 nitrogen and oxygen atoms in total. The highest BCUT2D eigenvalue weighted by Gasteiger charge is 2.34. The fourth-order valence-corrected chi connectivity index (χ4v) is 7.96. The first-order chi connectivity index (χ1) is 20.6. The number of fused-ring (bicyclic) bond motifs is 1. The quantitative estimate of drug-likeness (QED) is 0.0962. The van der Waals surface area contributed by atoms with Gasteiger partial charge in [-0.3, -0.25) is 19.5 Å². The van der Waals surface area contributed by atoms with Crippen molar-refractivity contribution in [3.63, 3.8) is 0 Å². The molecule has 43 heavy (non-hydrogen) atoms. The lowest BCUT2D eigenvalue weighted by molar-refractivity contribution is -0.385. The molecular weight excluding hydrogens is 796 g/mol. The van der Waals surface area contributed by atoms with E-state index in [0.29, 0.717) is 32.8 Å². The molecule has 0 bridgehead atoms. The first-order valence-corrected chi connectivity index (χ1v) is 16.2. The Morgan fingerprint density at radius 3 is 2.47 bits per heavy atom. The van der Waals surface area contributed by atoms with E-state index in [-0.39, 0.29) is 23.4 Å². The summed E-state index contributed by atoms with van der Waals surface area (Å²) in [7, 11) is 0. The predicted molar refractivity (Wildman–Crippen MR) is 181 cm³/mol. The molecule has 1 aliphatic rings. The fraction of sp³-hybridized carbons (Fsp3) is 0.194. The number of esters is 1. The molecule has 0 unspecified atom stereocenters. The number of aryl methyl sites for hydroxylation is 1. The van der Waals surface area contributed by atoms with Crippen LogP contribution in [-0.2, 0) is 16.1 Å². The largest absolute Gasteiger partial charge is 0.487 e. The molecule has 1 aromatic heterocycles. The Morgan fingerprint density at radius 2 is 1.81 bits per heavy atom. The third-order valence-corrected chi connectivity index (χ3v) is 9.39. The number of benzene rings is 3. The number of ether oxygens (including phenoxy) is 2. The van der Waals surface area contributed by atoms with Gasteiger partial charge in [-0.05, 0) is 101 Å². The summed E-state index contributed by atoms with van der Waals surface area (Å²) in [5.74, 6) is 0.140. The highest BCUT2D eigenvalue weighted by atomic mass is 127. The molecule has 0 fully saturated rings. The number of nitrogens with zero attached hydrogens (tertiary/aromatic N) is 3. The van der Waals surface area contributed by atoms with E-state index >= 15 is 0 Å². The van der Waals surface area contributed by atoms with Crippen molar-refractivity contribution in [1.82, 2.24) is 4.57 Å². The zero-order valence-corrected chi connectivity index (χ0v) is 28.4. The van der Waals surface area contributed by atoms with Crippen LogP contribution in [0.2, 0.25) is 0 Å². The second-order valence-electron chi connectivity index (χ2n) is 9.69. The molecule has 0 amide bonds. The van der Waals surface area contributed by atoms with Gasteiger partial charge in [0.1, 0.15) is 12.4 Å². The van der Waals surface area contributed by atoms with Gasteiger partial charge in [-0.25, -0.2) is 9.79 Å². The fourth-order valence-electron chi connectivity index (χ4n) is 4.78. The summed E-state index contributed by atoms with van der Waals surface area (Å²) in [5.41, 5.74) is 2.86. The average molecular weight is 821 g/mol. The van der Waals surface area contributed by atoms with E-state index in [9.17, 15) is 19.7 Å². The summed E-state index contributed by atoms with van der Waals surface area (Å²) in [6, 6.07) is 17.6. The van der Waals surface area contributed by atoms with Crippen LogP contribution < -0.4 is 19.6 Å². The third kappa shape index (κ3) is 6.45.